The fourth-order valence-electron chi connectivity index (χ4n) is 3.40. The molecule has 2 fully saturated rings. The molecule has 7 heteroatoms. The smallest absolute Gasteiger partial charge is 0.370 e. The van der Waals surface area contributed by atoms with E-state index in [0.29, 0.717) is 11.0 Å². The van der Waals surface area contributed by atoms with Crippen LogP contribution in [0.1, 0.15) is 44.9 Å². The summed E-state index contributed by atoms with van der Waals surface area (Å²) in [6.07, 6.45) is 10.1. The molecule has 1 atom stereocenters. The third kappa shape index (κ3) is 2.74. The minimum atomic E-state index is -0.473. The van der Waals surface area contributed by atoms with Crippen LogP contribution in [0.15, 0.2) is 10.7 Å². The second kappa shape index (κ2) is 5.44. The van der Waals surface area contributed by atoms with Crippen molar-refractivity contribution < 1.29 is 9.66 Å². The van der Waals surface area contributed by atoms with E-state index in [2.05, 4.69) is 21.0 Å². The van der Waals surface area contributed by atoms with E-state index >= 15 is 0 Å². The molecule has 1 saturated heterocycles. The molecule has 6 nitrogen and oxygen atoms in total. The van der Waals surface area contributed by atoms with Gasteiger partial charge in [0.1, 0.15) is 4.47 Å². The van der Waals surface area contributed by atoms with Gasteiger partial charge in [0.05, 0.1) is 29.5 Å². The van der Waals surface area contributed by atoms with Gasteiger partial charge in [-0.15, -0.1) is 0 Å². The molecule has 2 heterocycles. The Balaban J connectivity index is 1.64. The summed E-state index contributed by atoms with van der Waals surface area (Å²) in [5.74, 6) is -0.129. The molecule has 1 spiro atoms. The van der Waals surface area contributed by atoms with Crippen LogP contribution in [0.4, 0.5) is 5.82 Å². The molecule has 20 heavy (non-hydrogen) atoms. The van der Waals surface area contributed by atoms with Gasteiger partial charge >= 0.3 is 5.82 Å². The number of nitrogens with zero attached hydrogens (tertiary/aromatic N) is 3. The molecule has 0 bridgehead atoms. The molecule has 0 aromatic carbocycles. The maximum absolute atomic E-state index is 10.8. The first-order chi connectivity index (χ1) is 9.58. The quantitative estimate of drug-likeness (QED) is 0.622. The van der Waals surface area contributed by atoms with Crippen molar-refractivity contribution in [3.63, 3.8) is 0 Å². The minimum Gasteiger partial charge on any atom is -0.370 e. The van der Waals surface area contributed by atoms with Crippen LogP contribution in [0.5, 0.6) is 0 Å². The predicted molar refractivity (Wildman–Crippen MR) is 76.5 cm³/mol. The summed E-state index contributed by atoms with van der Waals surface area (Å²) in [7, 11) is 0. The number of hydrogen-bond donors (Lipinski definition) is 0. The lowest BCUT2D eigenvalue weighted by Crippen LogP contribution is -2.32. The van der Waals surface area contributed by atoms with Gasteiger partial charge in [0.25, 0.3) is 0 Å². The van der Waals surface area contributed by atoms with Gasteiger partial charge in [-0.3, -0.25) is 0 Å². The Bertz CT molecular complexity index is 511. The average molecular weight is 344 g/mol. The van der Waals surface area contributed by atoms with Gasteiger partial charge in [0.15, 0.2) is 0 Å². The van der Waals surface area contributed by atoms with E-state index in [1.165, 1.54) is 19.3 Å². The molecule has 0 amide bonds. The van der Waals surface area contributed by atoms with Gasteiger partial charge in [0.2, 0.25) is 0 Å². The van der Waals surface area contributed by atoms with Crippen LogP contribution in [-0.2, 0) is 11.3 Å². The zero-order chi connectivity index (χ0) is 14.2. The van der Waals surface area contributed by atoms with Crippen molar-refractivity contribution in [1.82, 2.24) is 9.78 Å². The average Bonchev–Trinajstić information content (AvgIpc) is 2.96. The molecular weight excluding hydrogens is 326 g/mol. The van der Waals surface area contributed by atoms with Crippen molar-refractivity contribution in [3.05, 3.63) is 20.8 Å². The molecule has 1 unspecified atom stereocenters. The molecule has 3 rings (SSSR count). The molecule has 0 N–H and O–H groups in total. The van der Waals surface area contributed by atoms with E-state index < -0.39 is 4.92 Å². The summed E-state index contributed by atoms with van der Waals surface area (Å²) < 4.78 is 8.30. The third-order valence-electron chi connectivity index (χ3n) is 4.37. The van der Waals surface area contributed by atoms with Crippen LogP contribution in [0.25, 0.3) is 0 Å². The SMILES string of the molecule is O=[N+]([O-])c1nn(CC2CCC3(CCCCC3)O2)cc1Br. The molecule has 110 valence electrons. The summed E-state index contributed by atoms with van der Waals surface area (Å²) in [5, 5.41) is 14.8. The van der Waals surface area contributed by atoms with Gasteiger partial charge in [-0.1, -0.05) is 19.3 Å². The summed E-state index contributed by atoms with van der Waals surface area (Å²) in [5.41, 5.74) is 0.0826. The maximum Gasteiger partial charge on any atom is 0.404 e. The van der Waals surface area contributed by atoms with E-state index in [-0.39, 0.29) is 17.5 Å². The Kier molecular flexibility index (Phi) is 3.81. The Morgan fingerprint density at radius 1 is 1.45 bits per heavy atom. The first kappa shape index (κ1) is 14.0. The lowest BCUT2D eigenvalue weighted by molar-refractivity contribution is -0.390. The normalized spacial score (nSPS) is 25.1. The number of halogens is 1. The number of hydrogen-bond acceptors (Lipinski definition) is 4. The molecule has 1 aromatic heterocycles. The van der Waals surface area contributed by atoms with E-state index in [0.717, 1.165) is 25.7 Å². The molecule has 2 aliphatic rings. The van der Waals surface area contributed by atoms with Crippen molar-refractivity contribution >= 4 is 21.7 Å². The highest BCUT2D eigenvalue weighted by molar-refractivity contribution is 9.10. The van der Waals surface area contributed by atoms with Crippen LogP contribution < -0.4 is 0 Å². The molecular formula is C13H18BrN3O3. The zero-order valence-electron chi connectivity index (χ0n) is 11.3. The van der Waals surface area contributed by atoms with Crippen LogP contribution in [0.2, 0.25) is 0 Å². The Labute approximate surface area is 125 Å². The van der Waals surface area contributed by atoms with E-state index in [9.17, 15) is 10.1 Å². The number of rotatable bonds is 3. The van der Waals surface area contributed by atoms with Crippen LogP contribution in [-0.4, -0.2) is 26.4 Å². The molecule has 1 aliphatic heterocycles. The molecule has 1 aromatic rings. The topological polar surface area (TPSA) is 70.2 Å². The summed E-state index contributed by atoms with van der Waals surface area (Å²) in [4.78, 5) is 10.3. The molecule has 1 aliphatic carbocycles. The number of aromatic nitrogens is 2. The van der Waals surface area contributed by atoms with Crippen molar-refractivity contribution in [2.24, 2.45) is 0 Å². The Hall–Kier alpha value is -0.950. The van der Waals surface area contributed by atoms with Gasteiger partial charge in [0, 0.05) is 0 Å². The highest BCUT2D eigenvalue weighted by atomic mass is 79.9. The number of ether oxygens (including phenoxy) is 1. The fourth-order valence-corrected chi connectivity index (χ4v) is 3.86. The van der Waals surface area contributed by atoms with E-state index in [1.807, 2.05) is 0 Å². The number of nitro groups is 1. The Morgan fingerprint density at radius 2 is 2.20 bits per heavy atom. The van der Waals surface area contributed by atoms with Crippen molar-refractivity contribution in [2.75, 3.05) is 0 Å². The van der Waals surface area contributed by atoms with Crippen molar-refractivity contribution in [3.8, 4) is 0 Å². The second-order valence-electron chi connectivity index (χ2n) is 5.80. The van der Waals surface area contributed by atoms with E-state index in [1.54, 1.807) is 10.9 Å². The van der Waals surface area contributed by atoms with E-state index in [4.69, 9.17) is 4.74 Å². The third-order valence-corrected chi connectivity index (χ3v) is 4.93. The zero-order valence-corrected chi connectivity index (χ0v) is 12.8. The van der Waals surface area contributed by atoms with Crippen LogP contribution in [0, 0.1) is 10.1 Å². The van der Waals surface area contributed by atoms with Crippen LogP contribution in [0.3, 0.4) is 0 Å². The lowest BCUT2D eigenvalue weighted by atomic mass is 9.83. The standard InChI is InChI=1S/C13H18BrN3O3/c14-11-9-16(15-12(11)17(18)19)8-10-4-7-13(20-10)5-2-1-3-6-13/h9-10H,1-8H2. The Morgan fingerprint density at radius 3 is 2.85 bits per heavy atom. The van der Waals surface area contributed by atoms with Crippen molar-refractivity contribution in [2.45, 2.75) is 63.2 Å². The first-order valence-electron chi connectivity index (χ1n) is 7.13. The van der Waals surface area contributed by atoms with Gasteiger partial charge in [-0.25, -0.2) is 0 Å². The maximum atomic E-state index is 10.8. The van der Waals surface area contributed by atoms with Crippen molar-refractivity contribution in [1.29, 1.82) is 0 Å². The van der Waals surface area contributed by atoms with Gasteiger partial charge < -0.3 is 14.9 Å². The highest BCUT2D eigenvalue weighted by Gasteiger charge is 2.41. The van der Waals surface area contributed by atoms with Gasteiger partial charge in [-0.05, 0) is 46.5 Å². The lowest BCUT2D eigenvalue weighted by Gasteiger charge is -2.33. The first-order valence-corrected chi connectivity index (χ1v) is 7.92. The highest BCUT2D eigenvalue weighted by Crippen LogP contribution is 2.42. The summed E-state index contributed by atoms with van der Waals surface area (Å²) >= 11 is 3.17. The second-order valence-corrected chi connectivity index (χ2v) is 6.66. The predicted octanol–water partition coefficient (Wildman–Crippen LogP) is 3.44. The molecule has 1 saturated carbocycles. The van der Waals surface area contributed by atoms with Crippen LogP contribution >= 0.6 is 15.9 Å². The summed E-state index contributed by atoms with van der Waals surface area (Å²) in [6.45, 7) is 0.591. The summed E-state index contributed by atoms with van der Waals surface area (Å²) in [6, 6.07) is 0. The minimum absolute atomic E-state index is 0.0826. The molecule has 0 radical (unpaired) electrons. The monoisotopic (exact) mass is 343 g/mol. The fraction of sp³-hybridized carbons (Fsp3) is 0.769. The van der Waals surface area contributed by atoms with Gasteiger partial charge in [-0.2, -0.15) is 4.68 Å². The largest absolute Gasteiger partial charge is 0.404 e.